The van der Waals surface area contributed by atoms with Crippen LogP contribution in [0.2, 0.25) is 0 Å². The summed E-state index contributed by atoms with van der Waals surface area (Å²) < 4.78 is 11.8. The van der Waals surface area contributed by atoms with Crippen molar-refractivity contribution in [2.75, 3.05) is 27.8 Å². The van der Waals surface area contributed by atoms with Crippen molar-refractivity contribution in [1.82, 2.24) is 4.90 Å². The average molecular weight is 368 g/mol. The third kappa shape index (κ3) is 2.35. The van der Waals surface area contributed by atoms with Gasteiger partial charge in [-0.2, -0.15) is 0 Å². The number of benzene rings is 1. The molecule has 1 saturated carbocycles. The minimum absolute atomic E-state index is 0.0464. The zero-order valence-corrected chi connectivity index (χ0v) is 14.9. The fourth-order valence-electron chi connectivity index (χ4n) is 4.13. The van der Waals surface area contributed by atoms with Crippen LogP contribution in [0.25, 0.3) is 0 Å². The van der Waals surface area contributed by atoms with Gasteiger partial charge in [0.25, 0.3) is 0 Å². The molecule has 120 valence electrons. The van der Waals surface area contributed by atoms with Gasteiger partial charge in [-0.15, -0.1) is 0 Å². The topological polar surface area (TPSA) is 38.8 Å². The predicted molar refractivity (Wildman–Crippen MR) is 88.8 cm³/mol. The van der Waals surface area contributed by atoms with E-state index in [1.54, 1.807) is 14.2 Å². The Balaban J connectivity index is 2.09. The molecule has 0 amide bonds. The van der Waals surface area contributed by atoms with E-state index in [0.29, 0.717) is 24.7 Å². The minimum Gasteiger partial charge on any atom is -0.493 e. The molecule has 5 heteroatoms. The van der Waals surface area contributed by atoms with Gasteiger partial charge in [-0.05, 0) is 60.1 Å². The molecule has 1 saturated heterocycles. The molecule has 2 atom stereocenters. The van der Waals surface area contributed by atoms with Crippen LogP contribution in [0.5, 0.6) is 11.5 Å². The van der Waals surface area contributed by atoms with Crippen LogP contribution in [0.1, 0.15) is 31.2 Å². The Bertz CT molecular complexity index is 604. The van der Waals surface area contributed by atoms with E-state index in [1.165, 1.54) is 5.56 Å². The molecule has 1 aliphatic carbocycles. The molecule has 0 radical (unpaired) electrons. The van der Waals surface area contributed by atoms with Crippen molar-refractivity contribution in [3.05, 3.63) is 22.2 Å². The van der Waals surface area contributed by atoms with Crippen molar-refractivity contribution in [3.8, 4) is 11.5 Å². The molecule has 0 bridgehead atoms. The van der Waals surface area contributed by atoms with Gasteiger partial charge in [-0.1, -0.05) is 0 Å². The van der Waals surface area contributed by atoms with E-state index in [9.17, 15) is 4.79 Å². The Morgan fingerprint density at radius 3 is 2.73 bits per heavy atom. The molecular formula is C17H22BrNO3. The molecule has 4 nitrogen and oxygen atoms in total. The highest BCUT2D eigenvalue weighted by molar-refractivity contribution is 9.10. The van der Waals surface area contributed by atoms with E-state index >= 15 is 0 Å². The van der Waals surface area contributed by atoms with Crippen LogP contribution in [0.3, 0.4) is 0 Å². The molecule has 1 aromatic rings. The number of methoxy groups -OCH3 is 2. The van der Waals surface area contributed by atoms with Crippen LogP contribution in [-0.4, -0.2) is 44.5 Å². The number of ketones is 1. The summed E-state index contributed by atoms with van der Waals surface area (Å²) in [5.74, 6) is 1.85. The monoisotopic (exact) mass is 367 g/mol. The number of hydrogen-bond donors (Lipinski definition) is 0. The van der Waals surface area contributed by atoms with E-state index < -0.39 is 0 Å². The first kappa shape index (κ1) is 15.8. The van der Waals surface area contributed by atoms with Crippen molar-refractivity contribution < 1.29 is 14.3 Å². The van der Waals surface area contributed by atoms with Crippen molar-refractivity contribution >= 4 is 21.7 Å². The van der Waals surface area contributed by atoms with E-state index in [0.717, 1.165) is 35.4 Å². The Hall–Kier alpha value is -1.07. The lowest BCUT2D eigenvalue weighted by atomic mass is 9.66. The van der Waals surface area contributed by atoms with Gasteiger partial charge in [-0.25, -0.2) is 0 Å². The molecule has 0 aromatic heterocycles. The Morgan fingerprint density at radius 1 is 1.27 bits per heavy atom. The van der Waals surface area contributed by atoms with Crippen molar-refractivity contribution in [1.29, 1.82) is 0 Å². The lowest BCUT2D eigenvalue weighted by Gasteiger charge is -2.41. The largest absolute Gasteiger partial charge is 0.493 e. The third-order valence-electron chi connectivity index (χ3n) is 5.36. The van der Waals surface area contributed by atoms with E-state index in [2.05, 4.69) is 40.0 Å². The number of likely N-dealkylation sites (tertiary alicyclic amines) is 1. The summed E-state index contributed by atoms with van der Waals surface area (Å²) in [4.78, 5) is 14.3. The van der Waals surface area contributed by atoms with Crippen LogP contribution in [-0.2, 0) is 10.2 Å². The van der Waals surface area contributed by atoms with E-state index in [1.807, 2.05) is 0 Å². The molecule has 1 aliphatic heterocycles. The fraction of sp³-hybridized carbons (Fsp3) is 0.588. The van der Waals surface area contributed by atoms with Crippen LogP contribution in [0.15, 0.2) is 16.6 Å². The lowest BCUT2D eigenvalue weighted by molar-refractivity contribution is -0.122. The van der Waals surface area contributed by atoms with E-state index in [-0.39, 0.29) is 5.41 Å². The summed E-state index contributed by atoms with van der Waals surface area (Å²) in [5.41, 5.74) is 1.30. The molecule has 0 spiro atoms. The Labute approximate surface area is 139 Å². The van der Waals surface area contributed by atoms with Gasteiger partial charge in [0.1, 0.15) is 5.78 Å². The summed E-state index contributed by atoms with van der Waals surface area (Å²) >= 11 is 3.60. The van der Waals surface area contributed by atoms with E-state index in [4.69, 9.17) is 9.47 Å². The molecule has 2 fully saturated rings. The van der Waals surface area contributed by atoms with Gasteiger partial charge in [0.05, 0.1) is 18.7 Å². The number of ether oxygens (including phenoxy) is 2. The Morgan fingerprint density at radius 2 is 2.05 bits per heavy atom. The average Bonchev–Trinajstić information content (AvgIpc) is 2.84. The van der Waals surface area contributed by atoms with Crippen LogP contribution < -0.4 is 9.47 Å². The first-order valence-corrected chi connectivity index (χ1v) is 8.45. The second-order valence-electron chi connectivity index (χ2n) is 6.34. The van der Waals surface area contributed by atoms with Gasteiger partial charge in [0.2, 0.25) is 0 Å². The summed E-state index contributed by atoms with van der Waals surface area (Å²) in [6.07, 6.45) is 3.34. The molecular weight excluding hydrogens is 346 g/mol. The highest BCUT2D eigenvalue weighted by Crippen LogP contribution is 2.50. The minimum atomic E-state index is 0.0464. The number of carbonyl (C=O) groups excluding carboxylic acids is 1. The zero-order chi connectivity index (χ0) is 15.9. The number of halogens is 1. The molecule has 2 aliphatic rings. The normalized spacial score (nSPS) is 28.5. The third-order valence-corrected chi connectivity index (χ3v) is 5.95. The molecule has 22 heavy (non-hydrogen) atoms. The number of fused-ring (bicyclic) bond motifs is 1. The summed E-state index contributed by atoms with van der Waals surface area (Å²) in [7, 11) is 5.43. The van der Waals surface area contributed by atoms with Crippen LogP contribution in [0.4, 0.5) is 0 Å². The second kappa shape index (κ2) is 5.85. The van der Waals surface area contributed by atoms with Gasteiger partial charge in [-0.3, -0.25) is 4.79 Å². The van der Waals surface area contributed by atoms with Crippen LogP contribution >= 0.6 is 15.9 Å². The molecule has 2 unspecified atom stereocenters. The number of carbonyl (C=O) groups is 1. The molecule has 1 heterocycles. The number of nitrogens with zero attached hydrogens (tertiary/aromatic N) is 1. The van der Waals surface area contributed by atoms with Crippen molar-refractivity contribution in [2.24, 2.45) is 0 Å². The number of Topliss-reactive ketones (excluding diaryl/α,β-unsaturated/α-hetero) is 1. The number of rotatable bonds is 3. The predicted octanol–water partition coefficient (Wildman–Crippen LogP) is 3.16. The van der Waals surface area contributed by atoms with Crippen molar-refractivity contribution in [3.63, 3.8) is 0 Å². The number of hydrogen-bond acceptors (Lipinski definition) is 4. The first-order valence-electron chi connectivity index (χ1n) is 7.66. The lowest BCUT2D eigenvalue weighted by Crippen LogP contribution is -2.46. The number of likely N-dealkylation sites (N-methyl/N-ethyl adjacent to an activating group) is 1. The van der Waals surface area contributed by atoms with Gasteiger partial charge >= 0.3 is 0 Å². The van der Waals surface area contributed by atoms with Gasteiger partial charge < -0.3 is 14.4 Å². The maximum Gasteiger partial charge on any atom is 0.174 e. The standard InChI is InChI=1S/C17H22BrNO3/c1-19-7-6-17(5-4-12(20)10-15(17)19)11-8-13(18)16(22-3)14(9-11)21-2/h8-9,15H,4-7,10H2,1-3H3. The summed E-state index contributed by atoms with van der Waals surface area (Å²) in [6, 6.07) is 4.52. The zero-order valence-electron chi connectivity index (χ0n) is 13.3. The highest BCUT2D eigenvalue weighted by Gasteiger charge is 2.50. The van der Waals surface area contributed by atoms with Gasteiger partial charge in [0, 0.05) is 24.3 Å². The SMILES string of the molecule is COc1cc(C23CCC(=O)CC2N(C)CC3)cc(Br)c1OC. The maximum absolute atomic E-state index is 11.9. The summed E-state index contributed by atoms with van der Waals surface area (Å²) in [6.45, 7) is 1.03. The molecule has 3 rings (SSSR count). The molecule has 0 N–H and O–H groups in total. The van der Waals surface area contributed by atoms with Crippen molar-refractivity contribution in [2.45, 2.75) is 37.1 Å². The Kier molecular flexibility index (Phi) is 4.21. The first-order chi connectivity index (χ1) is 10.5. The highest BCUT2D eigenvalue weighted by atomic mass is 79.9. The molecule has 1 aromatic carbocycles. The smallest absolute Gasteiger partial charge is 0.174 e. The summed E-state index contributed by atoms with van der Waals surface area (Å²) in [5, 5.41) is 0. The maximum atomic E-state index is 11.9. The van der Waals surface area contributed by atoms with Crippen LogP contribution in [0, 0.1) is 0 Å². The van der Waals surface area contributed by atoms with Gasteiger partial charge in [0.15, 0.2) is 11.5 Å². The fourth-order valence-corrected chi connectivity index (χ4v) is 4.73. The quantitative estimate of drug-likeness (QED) is 0.822. The second-order valence-corrected chi connectivity index (χ2v) is 7.19.